The predicted molar refractivity (Wildman–Crippen MR) is 74.1 cm³/mol. The molecular formula is C13H15BrFN3. The van der Waals surface area contributed by atoms with Crippen LogP contribution in [0.15, 0.2) is 29.1 Å². The zero-order chi connectivity index (χ0) is 13.1. The average molecular weight is 312 g/mol. The molecule has 0 saturated carbocycles. The lowest BCUT2D eigenvalue weighted by molar-refractivity contribution is 0.621. The van der Waals surface area contributed by atoms with Gasteiger partial charge in [0.05, 0.1) is 23.0 Å². The molecule has 0 fully saturated rings. The minimum Gasteiger partial charge on any atom is -0.379 e. The number of rotatable bonds is 4. The topological polar surface area (TPSA) is 29.9 Å². The summed E-state index contributed by atoms with van der Waals surface area (Å²) in [4.78, 5) is 4.10. The number of nitrogens with one attached hydrogen (secondary N) is 1. The molecule has 18 heavy (non-hydrogen) atoms. The smallest absolute Gasteiger partial charge is 0.139 e. The molecule has 1 heterocycles. The summed E-state index contributed by atoms with van der Waals surface area (Å²) >= 11 is 3.18. The highest BCUT2D eigenvalue weighted by Crippen LogP contribution is 2.24. The number of halogens is 2. The third kappa shape index (κ3) is 2.72. The van der Waals surface area contributed by atoms with Crippen LogP contribution in [-0.2, 0) is 13.1 Å². The van der Waals surface area contributed by atoms with E-state index < -0.39 is 0 Å². The van der Waals surface area contributed by atoms with Crippen LogP contribution in [0.4, 0.5) is 10.1 Å². The van der Waals surface area contributed by atoms with E-state index in [1.807, 2.05) is 13.1 Å². The highest BCUT2D eigenvalue weighted by Gasteiger charge is 2.06. The van der Waals surface area contributed by atoms with Gasteiger partial charge in [-0.05, 0) is 47.5 Å². The van der Waals surface area contributed by atoms with Crippen LogP contribution in [0.25, 0.3) is 0 Å². The van der Waals surface area contributed by atoms with Crippen LogP contribution in [0.1, 0.15) is 18.2 Å². The monoisotopic (exact) mass is 311 g/mol. The molecule has 1 N–H and O–H groups in total. The number of hydrogen-bond donors (Lipinski definition) is 1. The molecule has 0 atom stereocenters. The molecule has 0 aliphatic rings. The van der Waals surface area contributed by atoms with Gasteiger partial charge in [0.25, 0.3) is 0 Å². The van der Waals surface area contributed by atoms with Crippen molar-refractivity contribution in [2.45, 2.75) is 26.9 Å². The summed E-state index contributed by atoms with van der Waals surface area (Å²) in [7, 11) is 0. The Labute approximate surface area is 114 Å². The Balaban J connectivity index is 2.13. The lowest BCUT2D eigenvalue weighted by Gasteiger charge is -2.11. The number of aromatic nitrogens is 2. The van der Waals surface area contributed by atoms with E-state index >= 15 is 0 Å². The molecule has 1 aromatic heterocycles. The molecular weight excluding hydrogens is 297 g/mol. The number of hydrogen-bond acceptors (Lipinski definition) is 2. The molecule has 0 saturated heterocycles. The fraction of sp³-hybridized carbons (Fsp3) is 0.308. The van der Waals surface area contributed by atoms with Crippen molar-refractivity contribution in [1.29, 1.82) is 0 Å². The number of anilines is 1. The first-order valence-corrected chi connectivity index (χ1v) is 6.59. The highest BCUT2D eigenvalue weighted by molar-refractivity contribution is 9.10. The van der Waals surface area contributed by atoms with Crippen molar-refractivity contribution < 1.29 is 4.39 Å². The second-order valence-electron chi connectivity index (χ2n) is 4.11. The van der Waals surface area contributed by atoms with Gasteiger partial charge in [0.2, 0.25) is 0 Å². The summed E-state index contributed by atoms with van der Waals surface area (Å²) in [5, 5.41) is 3.24. The molecule has 1 aromatic carbocycles. The quantitative estimate of drug-likeness (QED) is 0.932. The molecule has 3 nitrogen and oxygen atoms in total. The summed E-state index contributed by atoms with van der Waals surface area (Å²) in [5.41, 5.74) is 2.89. The average Bonchev–Trinajstić information content (AvgIpc) is 2.79. The summed E-state index contributed by atoms with van der Waals surface area (Å²) in [6.45, 7) is 5.53. The molecule has 0 aliphatic heterocycles. The van der Waals surface area contributed by atoms with E-state index in [-0.39, 0.29) is 5.82 Å². The standard InChI is InChI=1S/C13H15BrFN3/c1-3-18-8-16-6-10(18)7-17-13-5-12(15)11(14)4-9(13)2/h4-6,8,17H,3,7H2,1-2H3. The van der Waals surface area contributed by atoms with Gasteiger partial charge in [0, 0.05) is 18.4 Å². The third-order valence-corrected chi connectivity index (χ3v) is 3.47. The first-order valence-electron chi connectivity index (χ1n) is 5.80. The molecule has 2 rings (SSSR count). The maximum absolute atomic E-state index is 13.5. The number of imidazole rings is 1. The summed E-state index contributed by atoms with van der Waals surface area (Å²) < 4.78 is 16.0. The van der Waals surface area contributed by atoms with E-state index in [2.05, 4.69) is 37.7 Å². The molecule has 96 valence electrons. The van der Waals surface area contributed by atoms with Crippen molar-refractivity contribution in [3.05, 3.63) is 46.2 Å². The fourth-order valence-corrected chi connectivity index (χ4v) is 2.26. The van der Waals surface area contributed by atoms with E-state index in [0.717, 1.165) is 23.5 Å². The van der Waals surface area contributed by atoms with Crippen molar-refractivity contribution >= 4 is 21.6 Å². The number of nitrogens with zero attached hydrogens (tertiary/aromatic N) is 2. The Morgan fingerprint density at radius 3 is 2.94 bits per heavy atom. The van der Waals surface area contributed by atoms with E-state index in [1.165, 1.54) is 6.07 Å². The van der Waals surface area contributed by atoms with Crippen LogP contribution < -0.4 is 5.32 Å². The molecule has 0 bridgehead atoms. The van der Waals surface area contributed by atoms with Crippen LogP contribution in [0.5, 0.6) is 0 Å². The summed E-state index contributed by atoms with van der Waals surface area (Å²) in [5.74, 6) is -0.257. The van der Waals surface area contributed by atoms with Gasteiger partial charge in [-0.3, -0.25) is 0 Å². The van der Waals surface area contributed by atoms with Gasteiger partial charge in [-0.25, -0.2) is 9.37 Å². The van der Waals surface area contributed by atoms with E-state index in [9.17, 15) is 4.39 Å². The van der Waals surface area contributed by atoms with E-state index in [0.29, 0.717) is 11.0 Å². The van der Waals surface area contributed by atoms with Crippen LogP contribution in [0.3, 0.4) is 0 Å². The van der Waals surface area contributed by atoms with Gasteiger partial charge in [-0.15, -0.1) is 0 Å². The lowest BCUT2D eigenvalue weighted by Crippen LogP contribution is -2.07. The Morgan fingerprint density at radius 2 is 2.22 bits per heavy atom. The van der Waals surface area contributed by atoms with Crippen LogP contribution in [0, 0.1) is 12.7 Å². The Hall–Kier alpha value is -1.36. The van der Waals surface area contributed by atoms with Crippen molar-refractivity contribution in [3.8, 4) is 0 Å². The van der Waals surface area contributed by atoms with Crippen molar-refractivity contribution in [2.75, 3.05) is 5.32 Å². The Kier molecular flexibility index (Phi) is 4.01. The van der Waals surface area contributed by atoms with Crippen molar-refractivity contribution in [1.82, 2.24) is 9.55 Å². The summed E-state index contributed by atoms with van der Waals surface area (Å²) in [6.07, 6.45) is 3.62. The van der Waals surface area contributed by atoms with Crippen LogP contribution in [0.2, 0.25) is 0 Å². The molecule has 0 amide bonds. The molecule has 0 radical (unpaired) electrons. The second-order valence-corrected chi connectivity index (χ2v) is 4.96. The van der Waals surface area contributed by atoms with Gasteiger partial charge in [-0.2, -0.15) is 0 Å². The number of aryl methyl sites for hydroxylation is 2. The van der Waals surface area contributed by atoms with Gasteiger partial charge < -0.3 is 9.88 Å². The summed E-state index contributed by atoms with van der Waals surface area (Å²) in [6, 6.07) is 3.28. The highest BCUT2D eigenvalue weighted by atomic mass is 79.9. The zero-order valence-electron chi connectivity index (χ0n) is 10.4. The molecule has 0 unspecified atom stereocenters. The van der Waals surface area contributed by atoms with Crippen LogP contribution >= 0.6 is 15.9 Å². The van der Waals surface area contributed by atoms with Gasteiger partial charge in [0.1, 0.15) is 5.82 Å². The van der Waals surface area contributed by atoms with Crippen molar-refractivity contribution in [2.24, 2.45) is 0 Å². The first-order chi connectivity index (χ1) is 8.61. The van der Waals surface area contributed by atoms with E-state index in [1.54, 1.807) is 12.4 Å². The molecule has 2 aromatic rings. The molecule has 0 aliphatic carbocycles. The molecule has 0 spiro atoms. The van der Waals surface area contributed by atoms with Gasteiger partial charge in [0.15, 0.2) is 0 Å². The minimum absolute atomic E-state index is 0.257. The largest absolute Gasteiger partial charge is 0.379 e. The normalized spacial score (nSPS) is 10.7. The molecule has 5 heteroatoms. The Morgan fingerprint density at radius 1 is 1.44 bits per heavy atom. The number of benzene rings is 1. The maximum atomic E-state index is 13.5. The third-order valence-electron chi connectivity index (χ3n) is 2.87. The lowest BCUT2D eigenvalue weighted by atomic mass is 10.2. The van der Waals surface area contributed by atoms with Crippen molar-refractivity contribution in [3.63, 3.8) is 0 Å². The minimum atomic E-state index is -0.257. The zero-order valence-corrected chi connectivity index (χ0v) is 12.0. The SMILES string of the molecule is CCn1cncc1CNc1cc(F)c(Br)cc1C. The second kappa shape index (κ2) is 5.52. The fourth-order valence-electron chi connectivity index (χ4n) is 1.80. The van der Waals surface area contributed by atoms with Gasteiger partial charge >= 0.3 is 0 Å². The first kappa shape index (κ1) is 13.1. The van der Waals surface area contributed by atoms with E-state index in [4.69, 9.17) is 0 Å². The van der Waals surface area contributed by atoms with Crippen LogP contribution in [-0.4, -0.2) is 9.55 Å². The predicted octanol–water partition coefficient (Wildman–Crippen LogP) is 3.73. The Bertz CT molecular complexity index is 551. The maximum Gasteiger partial charge on any atom is 0.139 e. The van der Waals surface area contributed by atoms with Gasteiger partial charge in [-0.1, -0.05) is 0 Å².